The number of rotatable bonds is 6. The lowest BCUT2D eigenvalue weighted by Crippen LogP contribution is -2.44. The Morgan fingerprint density at radius 2 is 1.85 bits per heavy atom. The smallest absolute Gasteiger partial charge is 0.254 e. The Labute approximate surface area is 160 Å². The third-order valence-electron chi connectivity index (χ3n) is 4.44. The number of anilines is 1. The van der Waals surface area contributed by atoms with Crippen molar-refractivity contribution in [2.45, 2.75) is 19.4 Å². The minimum absolute atomic E-state index is 0.00333. The molecule has 1 N–H and O–H groups in total. The molecule has 7 heteroatoms. The molecule has 1 atom stereocenters. The highest BCUT2D eigenvalue weighted by Gasteiger charge is 2.22. The van der Waals surface area contributed by atoms with Crippen LogP contribution in [0, 0.1) is 0 Å². The van der Waals surface area contributed by atoms with Crippen LogP contribution in [0.3, 0.4) is 0 Å². The minimum atomic E-state index is -3.46. The van der Waals surface area contributed by atoms with E-state index in [1.165, 1.54) is 0 Å². The van der Waals surface area contributed by atoms with Gasteiger partial charge in [0.2, 0.25) is 10.0 Å². The van der Waals surface area contributed by atoms with Crippen LogP contribution in [-0.2, 0) is 21.2 Å². The quantitative estimate of drug-likeness (QED) is 0.825. The molecule has 27 heavy (non-hydrogen) atoms. The number of hydrogen-bond acceptors (Lipinski definition) is 4. The monoisotopic (exact) mass is 388 g/mol. The van der Waals surface area contributed by atoms with E-state index in [2.05, 4.69) is 4.72 Å². The van der Waals surface area contributed by atoms with Crippen LogP contribution in [0.1, 0.15) is 22.8 Å². The number of ether oxygens (including phenoxy) is 1. The largest absolute Gasteiger partial charge is 0.375 e. The van der Waals surface area contributed by atoms with Crippen molar-refractivity contribution in [3.63, 3.8) is 0 Å². The van der Waals surface area contributed by atoms with Crippen molar-refractivity contribution in [2.24, 2.45) is 0 Å². The fourth-order valence-corrected chi connectivity index (χ4v) is 4.10. The van der Waals surface area contributed by atoms with E-state index in [-0.39, 0.29) is 17.8 Å². The lowest BCUT2D eigenvalue weighted by atomic mass is 10.1. The Morgan fingerprint density at radius 1 is 1.15 bits per heavy atom. The number of nitrogens with one attached hydrogen (secondary N) is 1. The molecule has 1 saturated heterocycles. The number of morpholine rings is 1. The zero-order chi connectivity index (χ0) is 19.3. The Balaban J connectivity index is 1.58. The molecule has 1 unspecified atom stereocenters. The fourth-order valence-electron chi connectivity index (χ4n) is 2.99. The van der Waals surface area contributed by atoms with Gasteiger partial charge in [-0.05, 0) is 43.2 Å². The maximum absolute atomic E-state index is 12.5. The van der Waals surface area contributed by atoms with Crippen LogP contribution >= 0.6 is 0 Å². The molecule has 2 aromatic carbocycles. The number of amides is 1. The van der Waals surface area contributed by atoms with E-state index in [9.17, 15) is 13.2 Å². The molecular weight excluding hydrogens is 364 g/mol. The van der Waals surface area contributed by atoms with Gasteiger partial charge in [0.25, 0.3) is 5.91 Å². The molecule has 0 saturated carbocycles. The SMILES string of the molecule is CC1CN(C(=O)c2ccc(NS(=O)(=O)CCc3ccccc3)cc2)CCO1. The second kappa shape index (κ2) is 8.54. The predicted molar refractivity (Wildman–Crippen MR) is 105 cm³/mol. The first kappa shape index (κ1) is 19.4. The molecular formula is C20H24N2O4S. The van der Waals surface area contributed by atoms with Crippen LogP contribution in [0.2, 0.25) is 0 Å². The first-order chi connectivity index (χ1) is 12.9. The number of carbonyl (C=O) groups is 1. The van der Waals surface area contributed by atoms with Gasteiger partial charge in [-0.2, -0.15) is 0 Å². The molecule has 1 heterocycles. The van der Waals surface area contributed by atoms with Gasteiger partial charge in [0.15, 0.2) is 0 Å². The van der Waals surface area contributed by atoms with Gasteiger partial charge in [0.05, 0.1) is 18.5 Å². The molecule has 1 aliphatic rings. The molecule has 0 spiro atoms. The zero-order valence-corrected chi connectivity index (χ0v) is 16.1. The third kappa shape index (κ3) is 5.55. The van der Waals surface area contributed by atoms with Gasteiger partial charge >= 0.3 is 0 Å². The van der Waals surface area contributed by atoms with Crippen molar-refractivity contribution in [3.05, 3.63) is 65.7 Å². The van der Waals surface area contributed by atoms with Gasteiger partial charge in [-0.1, -0.05) is 30.3 Å². The summed E-state index contributed by atoms with van der Waals surface area (Å²) >= 11 is 0. The van der Waals surface area contributed by atoms with Crippen LogP contribution in [-0.4, -0.2) is 50.8 Å². The first-order valence-electron chi connectivity index (χ1n) is 8.98. The van der Waals surface area contributed by atoms with E-state index in [0.717, 1.165) is 5.56 Å². The molecule has 0 radical (unpaired) electrons. The van der Waals surface area contributed by atoms with E-state index >= 15 is 0 Å². The summed E-state index contributed by atoms with van der Waals surface area (Å²) in [6.45, 7) is 3.60. The second-order valence-corrected chi connectivity index (χ2v) is 8.51. The van der Waals surface area contributed by atoms with Crippen molar-refractivity contribution < 1.29 is 17.9 Å². The summed E-state index contributed by atoms with van der Waals surface area (Å²) in [6.07, 6.45) is 0.473. The fraction of sp³-hybridized carbons (Fsp3) is 0.350. The average Bonchev–Trinajstić information content (AvgIpc) is 2.67. The van der Waals surface area contributed by atoms with Gasteiger partial charge in [0.1, 0.15) is 0 Å². The highest BCUT2D eigenvalue weighted by Crippen LogP contribution is 2.15. The summed E-state index contributed by atoms with van der Waals surface area (Å²) < 4.78 is 32.6. The summed E-state index contributed by atoms with van der Waals surface area (Å²) in [4.78, 5) is 14.3. The third-order valence-corrected chi connectivity index (χ3v) is 5.72. The van der Waals surface area contributed by atoms with Crippen LogP contribution in [0.5, 0.6) is 0 Å². The molecule has 0 bridgehead atoms. The summed E-state index contributed by atoms with van der Waals surface area (Å²) in [5.41, 5.74) is 1.97. The van der Waals surface area contributed by atoms with E-state index < -0.39 is 10.0 Å². The highest BCUT2D eigenvalue weighted by molar-refractivity contribution is 7.92. The van der Waals surface area contributed by atoms with Gasteiger partial charge in [-0.25, -0.2) is 8.42 Å². The molecule has 1 aliphatic heterocycles. The Bertz CT molecular complexity index is 867. The van der Waals surface area contributed by atoms with Crippen molar-refractivity contribution in [1.29, 1.82) is 0 Å². The molecule has 144 valence electrons. The summed E-state index contributed by atoms with van der Waals surface area (Å²) in [7, 11) is -3.46. The lowest BCUT2D eigenvalue weighted by Gasteiger charge is -2.31. The van der Waals surface area contributed by atoms with Crippen LogP contribution in [0.4, 0.5) is 5.69 Å². The number of hydrogen-bond donors (Lipinski definition) is 1. The molecule has 6 nitrogen and oxygen atoms in total. The predicted octanol–water partition coefficient (Wildman–Crippen LogP) is 2.53. The maximum atomic E-state index is 12.5. The van der Waals surface area contributed by atoms with Crippen molar-refractivity contribution in [3.8, 4) is 0 Å². The number of sulfonamides is 1. The lowest BCUT2D eigenvalue weighted by molar-refractivity contribution is -0.0124. The number of benzene rings is 2. The summed E-state index contributed by atoms with van der Waals surface area (Å²) in [6, 6.07) is 16.0. The molecule has 0 aromatic heterocycles. The topological polar surface area (TPSA) is 75.7 Å². The van der Waals surface area contributed by atoms with Crippen molar-refractivity contribution >= 4 is 21.6 Å². The first-order valence-corrected chi connectivity index (χ1v) is 10.6. The molecule has 3 rings (SSSR count). The number of aryl methyl sites for hydroxylation is 1. The molecule has 2 aromatic rings. The number of nitrogens with zero attached hydrogens (tertiary/aromatic N) is 1. The average molecular weight is 388 g/mol. The summed E-state index contributed by atoms with van der Waals surface area (Å²) in [5.74, 6) is -0.0627. The van der Waals surface area contributed by atoms with E-state index in [0.29, 0.717) is 37.4 Å². The normalized spacial score (nSPS) is 17.5. The Hall–Kier alpha value is -2.38. The second-order valence-electron chi connectivity index (χ2n) is 6.67. The maximum Gasteiger partial charge on any atom is 0.254 e. The molecule has 1 fully saturated rings. The Morgan fingerprint density at radius 3 is 2.52 bits per heavy atom. The van der Waals surface area contributed by atoms with Gasteiger partial charge in [-0.15, -0.1) is 0 Å². The van der Waals surface area contributed by atoms with Gasteiger partial charge < -0.3 is 9.64 Å². The summed E-state index contributed by atoms with van der Waals surface area (Å²) in [5, 5.41) is 0. The molecule has 0 aliphatic carbocycles. The van der Waals surface area contributed by atoms with Crippen LogP contribution < -0.4 is 4.72 Å². The standard InChI is InChI=1S/C20H24N2O4S/c1-16-15-22(12-13-26-16)20(23)18-7-9-19(10-8-18)21-27(24,25)14-11-17-5-3-2-4-6-17/h2-10,16,21H,11-15H2,1H3. The van der Waals surface area contributed by atoms with Crippen LogP contribution in [0.15, 0.2) is 54.6 Å². The molecule has 1 amide bonds. The van der Waals surface area contributed by atoms with E-state index in [1.807, 2.05) is 37.3 Å². The van der Waals surface area contributed by atoms with Gasteiger partial charge in [0, 0.05) is 24.3 Å². The van der Waals surface area contributed by atoms with Crippen molar-refractivity contribution in [2.75, 3.05) is 30.2 Å². The zero-order valence-electron chi connectivity index (χ0n) is 15.3. The van der Waals surface area contributed by atoms with Crippen LogP contribution in [0.25, 0.3) is 0 Å². The Kier molecular flexibility index (Phi) is 6.13. The van der Waals surface area contributed by atoms with E-state index in [4.69, 9.17) is 4.74 Å². The number of carbonyl (C=O) groups excluding carboxylic acids is 1. The van der Waals surface area contributed by atoms with E-state index in [1.54, 1.807) is 29.2 Å². The van der Waals surface area contributed by atoms with Gasteiger partial charge in [-0.3, -0.25) is 9.52 Å². The van der Waals surface area contributed by atoms with Crippen molar-refractivity contribution in [1.82, 2.24) is 4.90 Å². The highest BCUT2D eigenvalue weighted by atomic mass is 32.2. The minimum Gasteiger partial charge on any atom is -0.375 e.